The van der Waals surface area contributed by atoms with Crippen molar-refractivity contribution in [2.24, 2.45) is 0 Å². The van der Waals surface area contributed by atoms with Crippen LogP contribution in [0.4, 0.5) is 0 Å². The molecule has 1 aromatic carbocycles. The fraction of sp³-hybridized carbons (Fsp3) is 0.0909. The molecule has 0 bridgehead atoms. The third kappa shape index (κ3) is 1.94. The lowest BCUT2D eigenvalue weighted by atomic mass is 10.2. The maximum Gasteiger partial charge on any atom is 0.322 e. The number of para-hydroxylation sites is 1. The normalized spacial score (nSPS) is 12.6. The zero-order valence-corrected chi connectivity index (χ0v) is 8.69. The van der Waals surface area contributed by atoms with E-state index in [1.165, 1.54) is 0 Å². The predicted octanol–water partition coefficient (Wildman–Crippen LogP) is 2.29. The van der Waals surface area contributed by atoms with E-state index in [2.05, 4.69) is 17.6 Å². The molecule has 0 radical (unpaired) electrons. The molecular formula is C11H9NO2S. The number of pyridine rings is 1. The zero-order valence-electron chi connectivity index (χ0n) is 7.79. The van der Waals surface area contributed by atoms with Crippen LogP contribution in [-0.2, 0) is 4.79 Å². The molecule has 0 aliphatic rings. The van der Waals surface area contributed by atoms with Crippen LogP contribution in [-0.4, -0.2) is 16.1 Å². The molecule has 0 fully saturated rings. The molecule has 1 atom stereocenters. The Balaban J connectivity index is 2.51. The summed E-state index contributed by atoms with van der Waals surface area (Å²) in [5.74, 6) is -0.985. The molecule has 0 saturated heterocycles. The summed E-state index contributed by atoms with van der Waals surface area (Å²) in [5, 5.41) is 8.92. The maximum absolute atomic E-state index is 10.7. The quantitative estimate of drug-likeness (QED) is 0.762. The third-order valence-corrected chi connectivity index (χ3v) is 2.62. The van der Waals surface area contributed by atoms with Crippen LogP contribution in [0.5, 0.6) is 0 Å². The third-order valence-electron chi connectivity index (χ3n) is 2.13. The number of thiol groups is 1. The van der Waals surface area contributed by atoms with Crippen molar-refractivity contribution in [3.05, 3.63) is 42.1 Å². The van der Waals surface area contributed by atoms with Crippen molar-refractivity contribution in [1.29, 1.82) is 0 Å². The van der Waals surface area contributed by atoms with E-state index in [1.54, 1.807) is 6.07 Å². The van der Waals surface area contributed by atoms with E-state index in [-0.39, 0.29) is 0 Å². The van der Waals surface area contributed by atoms with Crippen LogP contribution in [0.3, 0.4) is 0 Å². The molecule has 2 rings (SSSR count). The molecule has 1 aromatic heterocycles. The van der Waals surface area contributed by atoms with Gasteiger partial charge in [0.2, 0.25) is 0 Å². The average Bonchev–Trinajstić information content (AvgIpc) is 2.27. The number of aromatic nitrogens is 1. The SMILES string of the molecule is O=C(O)C(S)c1ccc2ccccc2n1. The number of benzene rings is 1. The minimum Gasteiger partial charge on any atom is -0.480 e. The van der Waals surface area contributed by atoms with Gasteiger partial charge in [0.1, 0.15) is 5.25 Å². The molecule has 0 aliphatic heterocycles. The molecule has 2 aromatic rings. The number of carboxylic acid groups (broad SMARTS) is 1. The Kier molecular flexibility index (Phi) is 2.60. The largest absolute Gasteiger partial charge is 0.480 e. The maximum atomic E-state index is 10.7. The summed E-state index contributed by atoms with van der Waals surface area (Å²) < 4.78 is 0. The van der Waals surface area contributed by atoms with Gasteiger partial charge in [-0.05, 0) is 12.1 Å². The van der Waals surface area contributed by atoms with Gasteiger partial charge in [0.15, 0.2) is 0 Å². The summed E-state index contributed by atoms with van der Waals surface area (Å²) in [6.07, 6.45) is 0. The summed E-state index contributed by atoms with van der Waals surface area (Å²) in [4.78, 5) is 15.0. The topological polar surface area (TPSA) is 50.2 Å². The van der Waals surface area contributed by atoms with E-state index in [0.29, 0.717) is 5.69 Å². The lowest BCUT2D eigenvalue weighted by Gasteiger charge is -2.05. The van der Waals surface area contributed by atoms with Gasteiger partial charge in [0.05, 0.1) is 11.2 Å². The molecular weight excluding hydrogens is 210 g/mol. The molecule has 0 amide bonds. The Hall–Kier alpha value is -1.55. The van der Waals surface area contributed by atoms with Gasteiger partial charge in [-0.25, -0.2) is 0 Å². The predicted molar refractivity (Wildman–Crippen MR) is 61.1 cm³/mol. The monoisotopic (exact) mass is 219 g/mol. The number of carboxylic acids is 1. The van der Waals surface area contributed by atoms with Crippen molar-refractivity contribution < 1.29 is 9.90 Å². The highest BCUT2D eigenvalue weighted by molar-refractivity contribution is 7.81. The Bertz CT molecular complexity index is 513. The fourth-order valence-corrected chi connectivity index (χ4v) is 1.50. The first kappa shape index (κ1) is 9.98. The van der Waals surface area contributed by atoms with Crippen LogP contribution >= 0.6 is 12.6 Å². The van der Waals surface area contributed by atoms with Gasteiger partial charge < -0.3 is 5.11 Å². The Morgan fingerprint density at radius 2 is 2.00 bits per heavy atom. The van der Waals surface area contributed by atoms with Gasteiger partial charge in [-0.15, -0.1) is 0 Å². The second-order valence-corrected chi connectivity index (χ2v) is 3.69. The van der Waals surface area contributed by atoms with Gasteiger partial charge in [-0.3, -0.25) is 9.78 Å². The van der Waals surface area contributed by atoms with Crippen LogP contribution in [0.2, 0.25) is 0 Å². The van der Waals surface area contributed by atoms with Gasteiger partial charge in [0, 0.05) is 5.39 Å². The van der Waals surface area contributed by atoms with Crippen LogP contribution < -0.4 is 0 Å². The summed E-state index contributed by atoms with van der Waals surface area (Å²) in [6.45, 7) is 0. The average molecular weight is 219 g/mol. The van der Waals surface area contributed by atoms with Crippen molar-refractivity contribution in [3.8, 4) is 0 Å². The number of rotatable bonds is 2. The summed E-state index contributed by atoms with van der Waals surface area (Å²) in [6, 6.07) is 11.1. The van der Waals surface area contributed by atoms with Crippen LogP contribution in [0.1, 0.15) is 10.9 Å². The van der Waals surface area contributed by atoms with E-state index in [1.807, 2.05) is 30.3 Å². The Morgan fingerprint density at radius 1 is 1.27 bits per heavy atom. The molecule has 0 spiro atoms. The van der Waals surface area contributed by atoms with Gasteiger partial charge in [-0.2, -0.15) is 12.6 Å². The molecule has 0 aliphatic carbocycles. The number of hydrogen-bond acceptors (Lipinski definition) is 3. The first-order valence-corrected chi connectivity index (χ1v) is 4.96. The molecule has 76 valence electrons. The highest BCUT2D eigenvalue weighted by Crippen LogP contribution is 2.20. The standard InChI is InChI=1S/C11H9NO2S/c13-11(14)10(15)9-6-5-7-3-1-2-4-8(7)12-9/h1-6,10,15H,(H,13,14). The number of nitrogens with zero attached hydrogens (tertiary/aromatic N) is 1. The van der Waals surface area contributed by atoms with Crippen molar-refractivity contribution >= 4 is 29.5 Å². The zero-order chi connectivity index (χ0) is 10.8. The second kappa shape index (κ2) is 3.90. The first-order chi connectivity index (χ1) is 7.18. The summed E-state index contributed by atoms with van der Waals surface area (Å²) in [5.41, 5.74) is 1.25. The van der Waals surface area contributed by atoms with Crippen molar-refractivity contribution in [2.75, 3.05) is 0 Å². The fourth-order valence-electron chi connectivity index (χ4n) is 1.36. The highest BCUT2D eigenvalue weighted by Gasteiger charge is 2.16. The van der Waals surface area contributed by atoms with Crippen molar-refractivity contribution in [2.45, 2.75) is 5.25 Å². The number of fused-ring (bicyclic) bond motifs is 1. The molecule has 3 nitrogen and oxygen atoms in total. The minimum atomic E-state index is -0.985. The number of carbonyl (C=O) groups is 1. The van der Waals surface area contributed by atoms with Crippen molar-refractivity contribution in [1.82, 2.24) is 4.98 Å². The second-order valence-electron chi connectivity index (χ2n) is 3.17. The number of aliphatic carboxylic acids is 1. The highest BCUT2D eigenvalue weighted by atomic mass is 32.1. The first-order valence-electron chi connectivity index (χ1n) is 4.45. The molecule has 0 saturated carbocycles. The summed E-state index contributed by atoms with van der Waals surface area (Å²) >= 11 is 3.98. The summed E-state index contributed by atoms with van der Waals surface area (Å²) in [7, 11) is 0. The van der Waals surface area contributed by atoms with Crippen LogP contribution in [0.25, 0.3) is 10.9 Å². The minimum absolute atomic E-state index is 0.463. The molecule has 1 heterocycles. The van der Waals surface area contributed by atoms with E-state index in [4.69, 9.17) is 5.11 Å². The van der Waals surface area contributed by atoms with Crippen LogP contribution in [0, 0.1) is 0 Å². The molecule has 1 unspecified atom stereocenters. The van der Waals surface area contributed by atoms with E-state index < -0.39 is 11.2 Å². The van der Waals surface area contributed by atoms with Gasteiger partial charge in [0.25, 0.3) is 0 Å². The van der Waals surface area contributed by atoms with Crippen LogP contribution in [0.15, 0.2) is 36.4 Å². The van der Waals surface area contributed by atoms with E-state index >= 15 is 0 Å². The lowest BCUT2D eigenvalue weighted by molar-refractivity contribution is -0.136. The number of hydrogen-bond donors (Lipinski definition) is 2. The molecule has 4 heteroatoms. The van der Waals surface area contributed by atoms with Gasteiger partial charge >= 0.3 is 5.97 Å². The molecule has 15 heavy (non-hydrogen) atoms. The van der Waals surface area contributed by atoms with Crippen molar-refractivity contribution in [3.63, 3.8) is 0 Å². The van der Waals surface area contributed by atoms with E-state index in [9.17, 15) is 4.79 Å². The lowest BCUT2D eigenvalue weighted by Crippen LogP contribution is -2.06. The Morgan fingerprint density at radius 3 is 2.73 bits per heavy atom. The Labute approximate surface area is 92.2 Å². The van der Waals surface area contributed by atoms with Gasteiger partial charge in [-0.1, -0.05) is 24.3 Å². The van der Waals surface area contributed by atoms with E-state index in [0.717, 1.165) is 10.9 Å². The molecule has 1 N–H and O–H groups in total. The smallest absolute Gasteiger partial charge is 0.322 e.